The zero-order chi connectivity index (χ0) is 13.0. The van der Waals surface area contributed by atoms with Crippen molar-refractivity contribution in [2.24, 2.45) is 0 Å². The van der Waals surface area contributed by atoms with Crippen molar-refractivity contribution in [1.29, 1.82) is 0 Å². The molecule has 0 fully saturated rings. The normalized spacial score (nSPS) is 10.3. The van der Waals surface area contributed by atoms with E-state index in [-0.39, 0.29) is 5.91 Å². The number of aromatic nitrogens is 1. The molecule has 1 heterocycles. The van der Waals surface area contributed by atoms with E-state index < -0.39 is 0 Å². The lowest BCUT2D eigenvalue weighted by Gasteiger charge is -2.06. The van der Waals surface area contributed by atoms with Crippen LogP contribution in [-0.4, -0.2) is 10.9 Å². The Bertz CT molecular complexity index is 535. The van der Waals surface area contributed by atoms with Gasteiger partial charge >= 0.3 is 0 Å². The molecule has 0 saturated carbocycles. The Balaban J connectivity index is 1.88. The van der Waals surface area contributed by atoms with E-state index >= 15 is 0 Å². The number of anilines is 1. The number of H-pyrrole nitrogens is 1. The number of carbonyl (C=O) groups is 1. The summed E-state index contributed by atoms with van der Waals surface area (Å²) in [7, 11) is 0. The minimum atomic E-state index is -0.00970. The summed E-state index contributed by atoms with van der Waals surface area (Å²) in [6, 6.07) is 9.41. The molecule has 4 heteroatoms. The average molecular weight is 263 g/mol. The molecule has 1 aromatic heterocycles. The number of hydrogen-bond donors (Lipinski definition) is 2. The van der Waals surface area contributed by atoms with Crippen molar-refractivity contribution in [2.75, 3.05) is 5.32 Å². The van der Waals surface area contributed by atoms with E-state index in [0.29, 0.717) is 17.9 Å². The van der Waals surface area contributed by atoms with Gasteiger partial charge in [-0.05, 0) is 43.2 Å². The number of aromatic amines is 1. The first kappa shape index (κ1) is 12.7. The lowest BCUT2D eigenvalue weighted by atomic mass is 10.2. The van der Waals surface area contributed by atoms with Gasteiger partial charge in [-0.3, -0.25) is 4.79 Å². The molecule has 0 aliphatic rings. The van der Waals surface area contributed by atoms with Crippen molar-refractivity contribution in [2.45, 2.75) is 19.8 Å². The molecule has 0 atom stereocenters. The largest absolute Gasteiger partial charge is 0.365 e. The predicted molar refractivity (Wildman–Crippen MR) is 73.9 cm³/mol. The van der Waals surface area contributed by atoms with E-state index in [1.807, 2.05) is 37.4 Å². The summed E-state index contributed by atoms with van der Waals surface area (Å²) < 4.78 is 0. The number of aryl methyl sites for hydroxylation is 2. The maximum Gasteiger partial charge on any atom is 0.224 e. The van der Waals surface area contributed by atoms with Gasteiger partial charge in [0.15, 0.2) is 0 Å². The summed E-state index contributed by atoms with van der Waals surface area (Å²) in [5, 5.41) is 3.50. The van der Waals surface area contributed by atoms with Crippen LogP contribution in [0.1, 0.15) is 17.7 Å². The van der Waals surface area contributed by atoms with E-state index in [9.17, 15) is 4.79 Å². The van der Waals surface area contributed by atoms with Gasteiger partial charge in [-0.2, -0.15) is 0 Å². The second-order valence-corrected chi connectivity index (χ2v) is 4.61. The Kier molecular flexibility index (Phi) is 4.05. The standard InChI is InChI=1S/C14H15ClN2O/c1-10-4-5-12(9-13(10)15)17-14(18)7-6-11-3-2-8-16-11/h2-5,8-9,16H,6-7H2,1H3,(H,17,18). The molecule has 1 amide bonds. The Morgan fingerprint density at radius 1 is 1.39 bits per heavy atom. The molecule has 0 spiro atoms. The number of rotatable bonds is 4. The van der Waals surface area contributed by atoms with Crippen molar-refractivity contribution in [3.05, 3.63) is 52.8 Å². The first-order chi connectivity index (χ1) is 8.65. The van der Waals surface area contributed by atoms with Crippen LogP contribution in [-0.2, 0) is 11.2 Å². The minimum Gasteiger partial charge on any atom is -0.365 e. The smallest absolute Gasteiger partial charge is 0.224 e. The van der Waals surface area contributed by atoms with Gasteiger partial charge in [0.1, 0.15) is 0 Å². The third kappa shape index (κ3) is 3.37. The molecule has 1 aromatic carbocycles. The van der Waals surface area contributed by atoms with Crippen molar-refractivity contribution >= 4 is 23.2 Å². The van der Waals surface area contributed by atoms with Crippen molar-refractivity contribution in [1.82, 2.24) is 4.98 Å². The average Bonchev–Trinajstić information content (AvgIpc) is 2.84. The van der Waals surface area contributed by atoms with Crippen LogP contribution in [0, 0.1) is 6.92 Å². The number of hydrogen-bond acceptors (Lipinski definition) is 1. The van der Waals surface area contributed by atoms with Crippen LogP contribution in [0.15, 0.2) is 36.5 Å². The van der Waals surface area contributed by atoms with Crippen LogP contribution in [0.3, 0.4) is 0 Å². The Morgan fingerprint density at radius 2 is 2.22 bits per heavy atom. The van der Waals surface area contributed by atoms with Gasteiger partial charge in [0, 0.05) is 29.0 Å². The van der Waals surface area contributed by atoms with E-state index in [2.05, 4.69) is 10.3 Å². The molecule has 0 aliphatic heterocycles. The molecule has 3 nitrogen and oxygen atoms in total. The molecule has 0 saturated heterocycles. The number of carbonyl (C=O) groups excluding carboxylic acids is 1. The van der Waals surface area contributed by atoms with Gasteiger partial charge in [0.05, 0.1) is 0 Å². The first-order valence-corrected chi connectivity index (χ1v) is 6.21. The fraction of sp³-hybridized carbons (Fsp3) is 0.214. The van der Waals surface area contributed by atoms with Gasteiger partial charge in [0.25, 0.3) is 0 Å². The van der Waals surface area contributed by atoms with Crippen LogP contribution in [0.4, 0.5) is 5.69 Å². The van der Waals surface area contributed by atoms with Crippen LogP contribution < -0.4 is 5.32 Å². The van der Waals surface area contributed by atoms with Crippen LogP contribution >= 0.6 is 11.6 Å². The van der Waals surface area contributed by atoms with Gasteiger partial charge in [-0.25, -0.2) is 0 Å². The molecule has 0 radical (unpaired) electrons. The molecule has 0 aliphatic carbocycles. The monoisotopic (exact) mass is 262 g/mol. The highest BCUT2D eigenvalue weighted by molar-refractivity contribution is 6.31. The molecule has 0 unspecified atom stereocenters. The summed E-state index contributed by atoms with van der Waals surface area (Å²) in [5.41, 5.74) is 2.80. The second-order valence-electron chi connectivity index (χ2n) is 4.21. The van der Waals surface area contributed by atoms with Crippen LogP contribution in [0.25, 0.3) is 0 Å². The summed E-state index contributed by atoms with van der Waals surface area (Å²) in [5.74, 6) is -0.00970. The molecule has 0 bridgehead atoms. The first-order valence-electron chi connectivity index (χ1n) is 5.83. The molecule has 2 rings (SSSR count). The predicted octanol–water partition coefficient (Wildman–Crippen LogP) is 3.55. The van der Waals surface area contributed by atoms with Crippen LogP contribution in [0.2, 0.25) is 5.02 Å². The summed E-state index contributed by atoms with van der Waals surface area (Å²) >= 11 is 6.00. The number of benzene rings is 1. The van der Waals surface area contributed by atoms with E-state index in [4.69, 9.17) is 11.6 Å². The third-order valence-corrected chi connectivity index (χ3v) is 3.15. The molecule has 2 N–H and O–H groups in total. The second kappa shape index (κ2) is 5.74. The lowest BCUT2D eigenvalue weighted by molar-refractivity contribution is -0.116. The summed E-state index contributed by atoms with van der Waals surface area (Å²) in [6.45, 7) is 1.93. The topological polar surface area (TPSA) is 44.9 Å². The maximum atomic E-state index is 11.7. The molecular formula is C14H15ClN2O. The Morgan fingerprint density at radius 3 is 2.89 bits per heavy atom. The summed E-state index contributed by atoms with van der Waals surface area (Å²) in [4.78, 5) is 14.8. The van der Waals surface area contributed by atoms with Crippen molar-refractivity contribution < 1.29 is 4.79 Å². The summed E-state index contributed by atoms with van der Waals surface area (Å²) in [6.07, 6.45) is 3.01. The minimum absolute atomic E-state index is 0.00970. The molecule has 18 heavy (non-hydrogen) atoms. The van der Waals surface area contributed by atoms with E-state index in [1.54, 1.807) is 6.07 Å². The lowest BCUT2D eigenvalue weighted by Crippen LogP contribution is -2.12. The highest BCUT2D eigenvalue weighted by Crippen LogP contribution is 2.20. The Hall–Kier alpha value is -1.74. The fourth-order valence-electron chi connectivity index (χ4n) is 1.67. The molecular weight excluding hydrogens is 248 g/mol. The van der Waals surface area contributed by atoms with Gasteiger partial charge in [-0.1, -0.05) is 17.7 Å². The molecule has 94 valence electrons. The quantitative estimate of drug-likeness (QED) is 0.870. The molecule has 2 aromatic rings. The van der Waals surface area contributed by atoms with Gasteiger partial charge in [-0.15, -0.1) is 0 Å². The zero-order valence-corrected chi connectivity index (χ0v) is 10.9. The van der Waals surface area contributed by atoms with E-state index in [0.717, 1.165) is 16.9 Å². The number of amides is 1. The highest BCUT2D eigenvalue weighted by atomic mass is 35.5. The maximum absolute atomic E-state index is 11.7. The third-order valence-electron chi connectivity index (χ3n) is 2.74. The fourth-order valence-corrected chi connectivity index (χ4v) is 1.85. The van der Waals surface area contributed by atoms with Crippen molar-refractivity contribution in [3.63, 3.8) is 0 Å². The highest BCUT2D eigenvalue weighted by Gasteiger charge is 2.04. The number of halogens is 1. The SMILES string of the molecule is Cc1ccc(NC(=O)CCc2ccc[nH]2)cc1Cl. The Labute approximate surface area is 111 Å². The number of nitrogens with one attached hydrogen (secondary N) is 2. The van der Waals surface area contributed by atoms with Gasteiger partial charge < -0.3 is 10.3 Å². The zero-order valence-electron chi connectivity index (χ0n) is 10.2. The van der Waals surface area contributed by atoms with E-state index in [1.165, 1.54) is 0 Å². The van der Waals surface area contributed by atoms with Crippen molar-refractivity contribution in [3.8, 4) is 0 Å². The van der Waals surface area contributed by atoms with Crippen LogP contribution in [0.5, 0.6) is 0 Å². The van der Waals surface area contributed by atoms with Gasteiger partial charge in [0.2, 0.25) is 5.91 Å².